The van der Waals surface area contributed by atoms with Gasteiger partial charge in [-0.15, -0.1) is 0 Å². The summed E-state index contributed by atoms with van der Waals surface area (Å²) in [5, 5.41) is 11.3. The molecule has 0 radical (unpaired) electrons. The Bertz CT molecular complexity index is 1420. The number of benzene rings is 2. The van der Waals surface area contributed by atoms with E-state index in [1.54, 1.807) is 31.2 Å². The molecule has 1 aliphatic heterocycles. The fourth-order valence-corrected chi connectivity index (χ4v) is 7.42. The van der Waals surface area contributed by atoms with Crippen molar-refractivity contribution in [2.24, 2.45) is 23.2 Å². The Labute approximate surface area is 272 Å². The third-order valence-electron chi connectivity index (χ3n) is 10.4. The molecule has 3 saturated carbocycles. The Morgan fingerprint density at radius 1 is 0.848 bits per heavy atom. The van der Waals surface area contributed by atoms with Crippen molar-refractivity contribution < 1.29 is 28.5 Å². The van der Waals surface area contributed by atoms with Crippen LogP contribution in [0.4, 0.5) is 0 Å². The van der Waals surface area contributed by atoms with Gasteiger partial charge in [-0.1, -0.05) is 76.2 Å². The molecule has 10 nitrogen and oxygen atoms in total. The normalized spacial score (nSPS) is 26.2. The van der Waals surface area contributed by atoms with E-state index in [2.05, 4.69) is 42.0 Å². The maximum Gasteiger partial charge on any atom is 0.478 e. The highest BCUT2D eigenvalue weighted by atomic mass is 16.7. The largest absolute Gasteiger partial charge is 0.478 e. The summed E-state index contributed by atoms with van der Waals surface area (Å²) in [6.07, 6.45) is 2.48. The summed E-state index contributed by atoms with van der Waals surface area (Å²) in [5.41, 5.74) is 1.12. The lowest BCUT2D eigenvalue weighted by Crippen LogP contribution is -2.65. The molecule has 1 unspecified atom stereocenters. The highest BCUT2D eigenvalue weighted by Gasteiger charge is 2.67. The molecule has 4 fully saturated rings. The fourth-order valence-electron chi connectivity index (χ4n) is 7.42. The minimum Gasteiger partial charge on any atom is -0.404 e. The smallest absolute Gasteiger partial charge is 0.404 e. The first-order valence-electron chi connectivity index (χ1n) is 16.4. The highest BCUT2D eigenvalue weighted by molar-refractivity contribution is 6.46. The van der Waals surface area contributed by atoms with Gasteiger partial charge in [-0.05, 0) is 67.6 Å². The monoisotopic (exact) mass is 630 g/mol. The maximum absolute atomic E-state index is 13.6. The summed E-state index contributed by atoms with van der Waals surface area (Å²) < 4.78 is 12.6. The van der Waals surface area contributed by atoms with Gasteiger partial charge in [0.15, 0.2) is 0 Å². The van der Waals surface area contributed by atoms with E-state index in [1.165, 1.54) is 0 Å². The van der Waals surface area contributed by atoms with Gasteiger partial charge in [0.1, 0.15) is 18.1 Å². The summed E-state index contributed by atoms with van der Waals surface area (Å²) in [6, 6.07) is 15.2. The number of hydrogen-bond acceptors (Lipinski definition) is 6. The van der Waals surface area contributed by atoms with Crippen LogP contribution < -0.4 is 21.3 Å². The van der Waals surface area contributed by atoms with Crippen molar-refractivity contribution in [3.8, 4) is 0 Å². The molecule has 11 heteroatoms. The van der Waals surface area contributed by atoms with Gasteiger partial charge in [0.25, 0.3) is 5.91 Å². The van der Waals surface area contributed by atoms with Crippen LogP contribution >= 0.6 is 0 Å². The van der Waals surface area contributed by atoms with Crippen molar-refractivity contribution in [2.45, 2.75) is 90.6 Å². The Hall–Kier alpha value is -3.70. The quantitative estimate of drug-likeness (QED) is 0.267. The van der Waals surface area contributed by atoms with E-state index in [1.807, 2.05) is 50.2 Å². The molecule has 2 bridgehead atoms. The van der Waals surface area contributed by atoms with Crippen molar-refractivity contribution in [3.63, 3.8) is 0 Å². The minimum absolute atomic E-state index is 0.0119. The zero-order valence-electron chi connectivity index (χ0n) is 27.7. The molecule has 246 valence electrons. The average molecular weight is 631 g/mol. The first kappa shape index (κ1) is 33.7. The number of hydrogen-bond donors (Lipinski definition) is 4. The molecule has 2 aromatic rings. The first-order chi connectivity index (χ1) is 21.8. The van der Waals surface area contributed by atoms with Crippen molar-refractivity contribution in [2.75, 3.05) is 6.44 Å². The second-order valence-electron chi connectivity index (χ2n) is 14.2. The van der Waals surface area contributed by atoms with Crippen LogP contribution in [0.5, 0.6) is 0 Å². The third kappa shape index (κ3) is 7.00. The van der Waals surface area contributed by atoms with Crippen molar-refractivity contribution in [1.82, 2.24) is 21.3 Å². The Morgan fingerprint density at radius 3 is 2.13 bits per heavy atom. The summed E-state index contributed by atoms with van der Waals surface area (Å²) in [5.74, 6) is -0.965. The van der Waals surface area contributed by atoms with Gasteiger partial charge in [-0.3, -0.25) is 19.2 Å². The van der Waals surface area contributed by atoms with Crippen LogP contribution in [-0.4, -0.2) is 67.0 Å². The zero-order chi connectivity index (χ0) is 33.2. The van der Waals surface area contributed by atoms with E-state index in [9.17, 15) is 19.2 Å². The van der Waals surface area contributed by atoms with Crippen LogP contribution in [0.1, 0.15) is 70.3 Å². The van der Waals surface area contributed by atoms with E-state index >= 15 is 0 Å². The second kappa shape index (κ2) is 13.6. The van der Waals surface area contributed by atoms with Crippen LogP contribution in [-0.2, 0) is 30.1 Å². The number of rotatable bonds is 12. The topological polar surface area (TPSA) is 135 Å². The van der Waals surface area contributed by atoms with Gasteiger partial charge in [-0.2, -0.15) is 0 Å². The number of nitrogens with one attached hydrogen (secondary N) is 4. The molecule has 2 aromatic carbocycles. The van der Waals surface area contributed by atoms with Crippen LogP contribution in [0.2, 0.25) is 0 Å². The molecule has 4 amide bonds. The first-order valence-corrected chi connectivity index (χ1v) is 16.4. The van der Waals surface area contributed by atoms with Crippen molar-refractivity contribution in [1.29, 1.82) is 0 Å². The molecule has 0 spiro atoms. The third-order valence-corrected chi connectivity index (χ3v) is 10.4. The van der Waals surface area contributed by atoms with Crippen LogP contribution in [0.25, 0.3) is 0 Å². The van der Waals surface area contributed by atoms with Gasteiger partial charge < -0.3 is 30.6 Å². The Morgan fingerprint density at radius 2 is 1.50 bits per heavy atom. The summed E-state index contributed by atoms with van der Waals surface area (Å²) in [7, 11) is -0.554. The minimum atomic E-state index is -0.987. The van der Waals surface area contributed by atoms with Crippen molar-refractivity contribution in [3.05, 3.63) is 71.8 Å². The molecule has 0 aromatic heterocycles. The Kier molecular flexibility index (Phi) is 9.93. The van der Waals surface area contributed by atoms with Gasteiger partial charge >= 0.3 is 7.12 Å². The number of carbonyl (C=O) groups is 4. The average Bonchev–Trinajstić information content (AvgIpc) is 3.38. The van der Waals surface area contributed by atoms with Gasteiger partial charge in [0, 0.05) is 12.0 Å². The molecule has 3 aliphatic carbocycles. The lowest BCUT2D eigenvalue weighted by molar-refractivity contribution is -0.199. The number of amides is 4. The predicted octanol–water partition coefficient (Wildman–Crippen LogP) is 3.06. The van der Waals surface area contributed by atoms with E-state index in [4.69, 9.17) is 9.31 Å². The van der Waals surface area contributed by atoms with Crippen molar-refractivity contribution >= 4 is 30.7 Å². The Balaban J connectivity index is 1.19. The molecule has 4 N–H and O–H groups in total. The standard InChI is InChI=1S/C35H47BN4O6/c1-21(2)29(40-31(42)24-15-11-8-12-16-24)33(44)39-26(17-23-13-9-7-10-14-23)32(43)38-22(3)30(41)37-20-36-45-28-19-25-18-27(34(25,4)5)35(28,6)46-36/h7-16,21-22,25-29H,17-20H2,1-6H3,(H,37,41)(H,38,43)(H,39,44)(H,40,42)/t22-,25?,26-,27-,28+,29-,35-/m0/s1. The second-order valence-corrected chi connectivity index (χ2v) is 14.2. The van der Waals surface area contributed by atoms with Crippen LogP contribution in [0.3, 0.4) is 0 Å². The fraction of sp³-hybridized carbons (Fsp3) is 0.543. The molecule has 46 heavy (non-hydrogen) atoms. The zero-order valence-corrected chi connectivity index (χ0v) is 27.7. The van der Waals surface area contributed by atoms with Gasteiger partial charge in [0.2, 0.25) is 17.7 Å². The molecule has 6 rings (SSSR count). The summed E-state index contributed by atoms with van der Waals surface area (Å²) >= 11 is 0. The number of carbonyl (C=O) groups excluding carboxylic acids is 4. The van der Waals surface area contributed by atoms with Gasteiger partial charge in [0.05, 0.1) is 18.1 Å². The molecule has 4 aliphatic rings. The summed E-state index contributed by atoms with van der Waals surface area (Å²) in [4.78, 5) is 53.0. The SMILES string of the molecule is CC(C)[C@H](NC(=O)c1ccccc1)C(=O)N[C@@H](Cc1ccccc1)C(=O)N[C@@H](C)C(=O)NCB1O[C@@H]2CC3C[C@@H](C3(C)C)[C@]2(C)O1. The molecule has 1 saturated heterocycles. The maximum atomic E-state index is 13.6. The molecule has 7 atom stereocenters. The van der Waals surface area contributed by atoms with Crippen LogP contribution in [0, 0.1) is 23.2 Å². The molecule has 1 heterocycles. The lowest BCUT2D eigenvalue weighted by atomic mass is 9.43. The molecular weight excluding hydrogens is 583 g/mol. The lowest BCUT2D eigenvalue weighted by Gasteiger charge is -2.64. The summed E-state index contributed by atoms with van der Waals surface area (Å²) in [6.45, 7) is 12.0. The van der Waals surface area contributed by atoms with E-state index in [-0.39, 0.29) is 47.7 Å². The van der Waals surface area contributed by atoms with E-state index < -0.39 is 37.1 Å². The van der Waals surface area contributed by atoms with Gasteiger partial charge in [-0.25, -0.2) is 0 Å². The highest BCUT2D eigenvalue weighted by Crippen LogP contribution is 2.65. The van der Waals surface area contributed by atoms with E-state index in [0.29, 0.717) is 17.4 Å². The molecular formula is C35H47BN4O6. The van der Waals surface area contributed by atoms with E-state index in [0.717, 1.165) is 18.4 Å². The van der Waals surface area contributed by atoms with Crippen LogP contribution in [0.15, 0.2) is 60.7 Å². The predicted molar refractivity (Wildman–Crippen MR) is 175 cm³/mol.